The summed E-state index contributed by atoms with van der Waals surface area (Å²) in [6.07, 6.45) is 19.5. The molecule has 114 valence electrons. The van der Waals surface area contributed by atoms with E-state index in [0.29, 0.717) is 7.92 Å². The van der Waals surface area contributed by atoms with Crippen LogP contribution in [0.4, 0.5) is 0 Å². The van der Waals surface area contributed by atoms with Gasteiger partial charge in [0.1, 0.15) is 0 Å². The molecular formula is C18H37P. The molecular weight excluding hydrogens is 247 g/mol. The topological polar surface area (TPSA) is 0 Å². The van der Waals surface area contributed by atoms with E-state index >= 15 is 0 Å². The van der Waals surface area contributed by atoms with Gasteiger partial charge < -0.3 is 0 Å². The van der Waals surface area contributed by atoms with E-state index in [-0.39, 0.29) is 0 Å². The van der Waals surface area contributed by atoms with Crippen molar-refractivity contribution in [1.82, 2.24) is 0 Å². The van der Waals surface area contributed by atoms with Gasteiger partial charge in [-0.05, 0) is 49.6 Å². The van der Waals surface area contributed by atoms with Crippen LogP contribution in [-0.4, -0.2) is 17.5 Å². The smallest absolute Gasteiger partial charge is 0.0207 e. The van der Waals surface area contributed by atoms with Crippen LogP contribution < -0.4 is 0 Å². The quantitative estimate of drug-likeness (QED) is 0.284. The van der Waals surface area contributed by atoms with E-state index in [9.17, 15) is 0 Å². The van der Waals surface area contributed by atoms with Gasteiger partial charge >= 0.3 is 0 Å². The summed E-state index contributed by atoms with van der Waals surface area (Å²) in [5.41, 5.74) is 2.29. The van der Waals surface area contributed by atoms with Crippen LogP contribution in [0.25, 0.3) is 0 Å². The molecule has 1 aliphatic heterocycles. The van der Waals surface area contributed by atoms with Crippen molar-refractivity contribution in [2.45, 2.75) is 109 Å². The maximum absolute atomic E-state index is 2.38. The highest BCUT2D eigenvalue weighted by Crippen LogP contribution is 2.58. The van der Waals surface area contributed by atoms with Gasteiger partial charge in [0.05, 0.1) is 0 Å². The van der Waals surface area contributed by atoms with Crippen molar-refractivity contribution < 1.29 is 0 Å². The highest BCUT2D eigenvalue weighted by atomic mass is 31.1. The number of rotatable bonds is 11. The largest absolute Gasteiger partial charge is 0.100 e. The predicted octanol–water partition coefficient (Wildman–Crippen LogP) is 6.96. The summed E-state index contributed by atoms with van der Waals surface area (Å²) >= 11 is 0. The summed E-state index contributed by atoms with van der Waals surface area (Å²) in [6.45, 7) is 7.07. The van der Waals surface area contributed by atoms with Crippen LogP contribution in [0.5, 0.6) is 0 Å². The lowest BCUT2D eigenvalue weighted by Gasteiger charge is -2.25. The summed E-state index contributed by atoms with van der Waals surface area (Å²) < 4.78 is 0. The van der Waals surface area contributed by atoms with E-state index in [0.717, 1.165) is 11.3 Å². The Morgan fingerprint density at radius 3 is 1.74 bits per heavy atom. The third kappa shape index (κ3) is 6.61. The molecule has 0 radical (unpaired) electrons. The Bertz CT molecular complexity index is 188. The lowest BCUT2D eigenvalue weighted by atomic mass is 10.1. The average molecular weight is 284 g/mol. The van der Waals surface area contributed by atoms with E-state index in [1.54, 1.807) is 19.0 Å². The standard InChI is InChI=1S/C18H37P/c1-4-7-8-9-10-11-16-19-17(12-5-2)14-15-18(19)13-6-3/h17-18H,4-16H2,1-3H3. The molecule has 1 saturated heterocycles. The van der Waals surface area contributed by atoms with E-state index in [1.807, 2.05) is 0 Å². The molecule has 0 spiro atoms. The Kier molecular flexibility index (Phi) is 10.2. The van der Waals surface area contributed by atoms with E-state index in [4.69, 9.17) is 0 Å². The Hall–Kier alpha value is 0.430. The van der Waals surface area contributed by atoms with E-state index in [1.165, 1.54) is 64.2 Å². The number of unbranched alkanes of at least 4 members (excludes halogenated alkanes) is 5. The molecule has 0 aromatic rings. The monoisotopic (exact) mass is 284 g/mol. The second-order valence-electron chi connectivity index (χ2n) is 6.47. The molecule has 1 aliphatic rings. The van der Waals surface area contributed by atoms with Crippen molar-refractivity contribution in [2.24, 2.45) is 0 Å². The van der Waals surface area contributed by atoms with E-state index < -0.39 is 0 Å². The Morgan fingerprint density at radius 1 is 0.684 bits per heavy atom. The van der Waals surface area contributed by atoms with Gasteiger partial charge in [-0.1, -0.05) is 65.7 Å². The maximum Gasteiger partial charge on any atom is -0.0207 e. The van der Waals surface area contributed by atoms with Gasteiger partial charge in [-0.25, -0.2) is 0 Å². The third-order valence-electron chi connectivity index (χ3n) is 4.78. The van der Waals surface area contributed by atoms with Crippen molar-refractivity contribution in [3.8, 4) is 0 Å². The van der Waals surface area contributed by atoms with Crippen LogP contribution >= 0.6 is 7.92 Å². The fourth-order valence-electron chi connectivity index (χ4n) is 3.74. The molecule has 0 aromatic carbocycles. The fourth-order valence-corrected chi connectivity index (χ4v) is 7.80. The minimum absolute atomic E-state index is 0.392. The second-order valence-corrected chi connectivity index (χ2v) is 9.40. The van der Waals surface area contributed by atoms with Gasteiger partial charge in [0.15, 0.2) is 0 Å². The molecule has 1 rings (SSSR count). The fraction of sp³-hybridized carbons (Fsp3) is 1.00. The average Bonchev–Trinajstić information content (AvgIpc) is 2.78. The molecule has 1 heterocycles. The lowest BCUT2D eigenvalue weighted by molar-refractivity contribution is 0.625. The first-order chi connectivity index (χ1) is 9.33. The Morgan fingerprint density at radius 2 is 1.21 bits per heavy atom. The molecule has 0 bridgehead atoms. The number of hydrogen-bond acceptors (Lipinski definition) is 0. The van der Waals surface area contributed by atoms with Crippen LogP contribution in [0.2, 0.25) is 0 Å². The molecule has 0 aromatic heterocycles. The summed E-state index contributed by atoms with van der Waals surface area (Å²) in [5, 5.41) is 0. The zero-order chi connectivity index (χ0) is 13.9. The highest BCUT2D eigenvalue weighted by Gasteiger charge is 2.33. The van der Waals surface area contributed by atoms with Gasteiger partial charge in [-0.3, -0.25) is 0 Å². The van der Waals surface area contributed by atoms with Gasteiger partial charge in [0.25, 0.3) is 0 Å². The zero-order valence-electron chi connectivity index (χ0n) is 13.8. The SMILES string of the molecule is CCCCCCCCP1C(CCC)CCC1CCC. The molecule has 19 heavy (non-hydrogen) atoms. The van der Waals surface area contributed by atoms with Crippen LogP contribution in [0.3, 0.4) is 0 Å². The van der Waals surface area contributed by atoms with Gasteiger partial charge in [0.2, 0.25) is 0 Å². The van der Waals surface area contributed by atoms with E-state index in [2.05, 4.69) is 20.8 Å². The van der Waals surface area contributed by atoms with Crippen molar-refractivity contribution in [1.29, 1.82) is 0 Å². The molecule has 0 amide bonds. The van der Waals surface area contributed by atoms with Crippen LogP contribution in [0.15, 0.2) is 0 Å². The Balaban J connectivity index is 2.24. The first-order valence-electron chi connectivity index (χ1n) is 9.09. The summed E-state index contributed by atoms with van der Waals surface area (Å²) in [4.78, 5) is 0. The van der Waals surface area contributed by atoms with Gasteiger partial charge in [-0.15, -0.1) is 7.92 Å². The minimum atomic E-state index is 0.392. The first kappa shape index (κ1) is 17.5. The summed E-state index contributed by atoms with van der Waals surface area (Å²) in [6, 6.07) is 0. The predicted molar refractivity (Wildman–Crippen MR) is 91.8 cm³/mol. The number of hydrogen-bond donors (Lipinski definition) is 0. The molecule has 1 heteroatoms. The van der Waals surface area contributed by atoms with Crippen LogP contribution in [0, 0.1) is 0 Å². The summed E-state index contributed by atoms with van der Waals surface area (Å²) in [7, 11) is 0.392. The van der Waals surface area contributed by atoms with Crippen molar-refractivity contribution in [3.05, 3.63) is 0 Å². The maximum atomic E-state index is 2.38. The normalized spacial score (nSPS) is 27.0. The van der Waals surface area contributed by atoms with Crippen molar-refractivity contribution >= 4 is 7.92 Å². The molecule has 0 aliphatic carbocycles. The second kappa shape index (κ2) is 11.1. The molecule has 2 atom stereocenters. The lowest BCUT2D eigenvalue weighted by Crippen LogP contribution is -2.07. The molecule has 0 N–H and O–H groups in total. The first-order valence-corrected chi connectivity index (χ1v) is 10.8. The van der Waals surface area contributed by atoms with Crippen LogP contribution in [-0.2, 0) is 0 Å². The molecule has 0 nitrogen and oxygen atoms in total. The van der Waals surface area contributed by atoms with Crippen LogP contribution in [0.1, 0.15) is 97.8 Å². The molecule has 1 fully saturated rings. The molecule has 0 saturated carbocycles. The van der Waals surface area contributed by atoms with Crippen molar-refractivity contribution in [2.75, 3.05) is 6.16 Å². The third-order valence-corrected chi connectivity index (χ3v) is 8.53. The zero-order valence-corrected chi connectivity index (χ0v) is 14.7. The van der Waals surface area contributed by atoms with Crippen molar-refractivity contribution in [3.63, 3.8) is 0 Å². The highest BCUT2D eigenvalue weighted by molar-refractivity contribution is 7.59. The summed E-state index contributed by atoms with van der Waals surface area (Å²) in [5.74, 6) is 0. The Labute approximate surface area is 123 Å². The van der Waals surface area contributed by atoms with Gasteiger partial charge in [-0.2, -0.15) is 0 Å². The van der Waals surface area contributed by atoms with Gasteiger partial charge in [0, 0.05) is 0 Å². The molecule has 2 unspecified atom stereocenters. The minimum Gasteiger partial charge on any atom is -0.100 e.